The van der Waals surface area contributed by atoms with Gasteiger partial charge in [0.25, 0.3) is 0 Å². The Hall–Kier alpha value is -1.74. The average molecular weight is 195 g/mol. The minimum Gasteiger partial charge on any atom is -0.394 e. The maximum Gasteiger partial charge on any atom is 0.170 e. The summed E-state index contributed by atoms with van der Waals surface area (Å²) in [5.74, 6) is 0.823. The van der Waals surface area contributed by atoms with E-state index in [4.69, 9.17) is 16.1 Å². The molecule has 1 rings (SSSR count). The van der Waals surface area contributed by atoms with Gasteiger partial charge in [-0.15, -0.1) is 0 Å². The van der Waals surface area contributed by atoms with E-state index < -0.39 is 0 Å². The predicted molar refractivity (Wildman–Crippen MR) is 52.8 cm³/mol. The van der Waals surface area contributed by atoms with Crippen molar-refractivity contribution in [1.82, 2.24) is 9.78 Å². The van der Waals surface area contributed by atoms with Gasteiger partial charge in [0, 0.05) is 14.1 Å². The molecule has 0 saturated carbocycles. The molecule has 1 aromatic heterocycles. The Morgan fingerprint density at radius 1 is 1.64 bits per heavy atom. The van der Waals surface area contributed by atoms with Crippen molar-refractivity contribution in [3.8, 4) is 6.07 Å². The van der Waals surface area contributed by atoms with E-state index in [1.54, 1.807) is 19.0 Å². The van der Waals surface area contributed by atoms with Crippen molar-refractivity contribution in [1.29, 1.82) is 5.26 Å². The van der Waals surface area contributed by atoms with Crippen LogP contribution < -0.4 is 10.6 Å². The Morgan fingerprint density at radius 2 is 2.29 bits per heavy atom. The van der Waals surface area contributed by atoms with E-state index in [-0.39, 0.29) is 6.61 Å². The third-order valence-corrected chi connectivity index (χ3v) is 1.82. The lowest BCUT2D eigenvalue weighted by molar-refractivity contribution is 0.270. The molecule has 3 N–H and O–H groups in total. The zero-order valence-electron chi connectivity index (χ0n) is 8.23. The number of hydrogen-bond donors (Lipinski definition) is 2. The smallest absolute Gasteiger partial charge is 0.170 e. The van der Waals surface area contributed by atoms with Crippen molar-refractivity contribution in [2.45, 2.75) is 6.54 Å². The van der Waals surface area contributed by atoms with Crippen LogP contribution in [0.1, 0.15) is 5.56 Å². The van der Waals surface area contributed by atoms with Crippen LogP contribution in [0.4, 0.5) is 11.6 Å². The second kappa shape index (κ2) is 3.98. The summed E-state index contributed by atoms with van der Waals surface area (Å²) in [5, 5.41) is 21.7. The molecule has 0 unspecified atom stereocenters. The van der Waals surface area contributed by atoms with Gasteiger partial charge in [0.1, 0.15) is 17.5 Å². The van der Waals surface area contributed by atoms with Gasteiger partial charge in [-0.05, 0) is 0 Å². The molecule has 14 heavy (non-hydrogen) atoms. The van der Waals surface area contributed by atoms with E-state index in [9.17, 15) is 0 Å². The van der Waals surface area contributed by atoms with E-state index >= 15 is 0 Å². The second-order valence-corrected chi connectivity index (χ2v) is 3.04. The zero-order valence-corrected chi connectivity index (χ0v) is 8.23. The topological polar surface area (TPSA) is 91.1 Å². The molecule has 0 aliphatic rings. The summed E-state index contributed by atoms with van der Waals surface area (Å²) >= 11 is 0. The Bertz CT molecular complexity index is 363. The Labute approximate surface area is 82.1 Å². The van der Waals surface area contributed by atoms with Crippen LogP contribution in [0.15, 0.2) is 0 Å². The van der Waals surface area contributed by atoms with Crippen LogP contribution >= 0.6 is 0 Å². The van der Waals surface area contributed by atoms with Crippen LogP contribution in [-0.2, 0) is 6.54 Å². The fourth-order valence-corrected chi connectivity index (χ4v) is 1.15. The molecule has 6 nitrogen and oxygen atoms in total. The highest BCUT2D eigenvalue weighted by molar-refractivity contribution is 5.64. The summed E-state index contributed by atoms with van der Waals surface area (Å²) in [5.41, 5.74) is 6.03. The van der Waals surface area contributed by atoms with Crippen molar-refractivity contribution < 1.29 is 5.11 Å². The molecule has 0 amide bonds. The highest BCUT2D eigenvalue weighted by atomic mass is 16.3. The second-order valence-electron chi connectivity index (χ2n) is 3.04. The lowest BCUT2D eigenvalue weighted by atomic mass is 10.3. The minimum atomic E-state index is -0.0520. The number of nitrogen functional groups attached to an aromatic ring is 1. The standard InChI is InChI=1S/C8H13N5O/c1-12(2)8-6(5-9)7(10)13(11-8)3-4-14/h14H,3-4,10H2,1-2H3. The molecule has 0 saturated heterocycles. The van der Waals surface area contributed by atoms with Crippen LogP contribution in [0, 0.1) is 11.3 Å². The van der Waals surface area contributed by atoms with Crippen molar-refractivity contribution in [3.05, 3.63) is 5.56 Å². The molecule has 76 valence electrons. The Morgan fingerprint density at radius 3 is 2.64 bits per heavy atom. The third kappa shape index (κ3) is 1.63. The molecule has 0 fully saturated rings. The monoisotopic (exact) mass is 195 g/mol. The van der Waals surface area contributed by atoms with Crippen LogP contribution in [0.3, 0.4) is 0 Å². The molecule has 0 aliphatic carbocycles. The summed E-state index contributed by atoms with van der Waals surface area (Å²) in [6.07, 6.45) is 0. The highest BCUT2D eigenvalue weighted by Gasteiger charge is 2.16. The highest BCUT2D eigenvalue weighted by Crippen LogP contribution is 2.22. The molecule has 0 spiro atoms. The lowest BCUT2D eigenvalue weighted by Crippen LogP contribution is -2.12. The first-order valence-electron chi connectivity index (χ1n) is 4.16. The summed E-state index contributed by atoms with van der Waals surface area (Å²) in [4.78, 5) is 1.71. The van der Waals surface area contributed by atoms with Crippen LogP contribution in [0.25, 0.3) is 0 Å². The van der Waals surface area contributed by atoms with Crippen LogP contribution in [0.2, 0.25) is 0 Å². The van der Waals surface area contributed by atoms with Gasteiger partial charge in [-0.2, -0.15) is 10.4 Å². The number of nitrogens with zero attached hydrogens (tertiary/aromatic N) is 4. The average Bonchev–Trinajstić information content (AvgIpc) is 2.44. The maximum atomic E-state index is 8.86. The third-order valence-electron chi connectivity index (χ3n) is 1.82. The number of aliphatic hydroxyl groups is 1. The molecule has 6 heteroatoms. The number of hydrogen-bond acceptors (Lipinski definition) is 5. The van der Waals surface area contributed by atoms with Crippen molar-refractivity contribution in [2.75, 3.05) is 31.3 Å². The van der Waals surface area contributed by atoms with E-state index in [0.29, 0.717) is 23.7 Å². The molecular formula is C8H13N5O. The first kappa shape index (κ1) is 10.3. The van der Waals surface area contributed by atoms with Gasteiger partial charge in [0.15, 0.2) is 5.82 Å². The predicted octanol–water partition coefficient (Wildman–Crippen LogP) is -0.605. The first-order chi connectivity index (χ1) is 6.61. The summed E-state index contributed by atoms with van der Waals surface area (Å²) in [6.45, 7) is 0.248. The normalized spacial score (nSPS) is 9.86. The number of nitrogens with two attached hydrogens (primary N) is 1. The van der Waals surface area contributed by atoms with Gasteiger partial charge in [0.2, 0.25) is 0 Å². The number of aromatic nitrogens is 2. The summed E-state index contributed by atoms with van der Waals surface area (Å²) < 4.78 is 1.42. The number of nitriles is 1. The van der Waals surface area contributed by atoms with Gasteiger partial charge < -0.3 is 15.7 Å². The van der Waals surface area contributed by atoms with Crippen molar-refractivity contribution in [2.24, 2.45) is 0 Å². The molecular weight excluding hydrogens is 182 g/mol. The van der Waals surface area contributed by atoms with E-state index in [1.165, 1.54) is 4.68 Å². The number of rotatable bonds is 3. The van der Waals surface area contributed by atoms with E-state index in [2.05, 4.69) is 5.10 Å². The molecule has 1 aromatic rings. The summed E-state index contributed by atoms with van der Waals surface area (Å²) in [6, 6.07) is 1.99. The molecule has 0 bridgehead atoms. The number of aliphatic hydroxyl groups excluding tert-OH is 1. The molecule has 1 heterocycles. The van der Waals surface area contributed by atoms with Gasteiger partial charge in [-0.1, -0.05) is 0 Å². The fourth-order valence-electron chi connectivity index (χ4n) is 1.15. The number of anilines is 2. The van der Waals surface area contributed by atoms with Crippen molar-refractivity contribution >= 4 is 11.6 Å². The van der Waals surface area contributed by atoms with Gasteiger partial charge in [-0.3, -0.25) is 0 Å². The maximum absolute atomic E-state index is 8.86. The Balaban J connectivity index is 3.19. The lowest BCUT2D eigenvalue weighted by Gasteiger charge is -2.07. The van der Waals surface area contributed by atoms with Gasteiger partial charge in [0.05, 0.1) is 13.2 Å². The Kier molecular flexibility index (Phi) is 2.94. The first-order valence-corrected chi connectivity index (χ1v) is 4.16. The molecule has 0 aromatic carbocycles. The largest absolute Gasteiger partial charge is 0.394 e. The van der Waals surface area contributed by atoms with Crippen molar-refractivity contribution in [3.63, 3.8) is 0 Å². The summed E-state index contributed by atoms with van der Waals surface area (Å²) in [7, 11) is 3.57. The molecule has 0 aliphatic heterocycles. The molecule has 0 radical (unpaired) electrons. The fraction of sp³-hybridized carbons (Fsp3) is 0.500. The SMILES string of the molecule is CN(C)c1nn(CCO)c(N)c1C#N. The van der Waals surface area contributed by atoms with Crippen LogP contribution in [-0.4, -0.2) is 35.6 Å². The minimum absolute atomic E-state index is 0.0520. The van der Waals surface area contributed by atoms with E-state index in [0.717, 1.165) is 0 Å². The van der Waals surface area contributed by atoms with Crippen LogP contribution in [0.5, 0.6) is 0 Å². The van der Waals surface area contributed by atoms with E-state index in [1.807, 2.05) is 6.07 Å². The quantitative estimate of drug-likeness (QED) is 0.671. The van der Waals surface area contributed by atoms with Gasteiger partial charge in [-0.25, -0.2) is 4.68 Å². The molecule has 0 atom stereocenters. The zero-order chi connectivity index (χ0) is 10.7. The van der Waals surface area contributed by atoms with Gasteiger partial charge >= 0.3 is 0 Å².